The third-order valence-electron chi connectivity index (χ3n) is 4.86. The Morgan fingerprint density at radius 2 is 2.03 bits per heavy atom. The fourth-order valence-corrected chi connectivity index (χ4v) is 6.03. The number of aryl methyl sites for hydroxylation is 2. The van der Waals surface area contributed by atoms with Gasteiger partial charge in [-0.15, -0.1) is 0 Å². The van der Waals surface area contributed by atoms with Gasteiger partial charge in [0.15, 0.2) is 15.0 Å². The average molecular weight is 431 g/mol. The van der Waals surface area contributed by atoms with Gasteiger partial charge in [-0.1, -0.05) is 42.1 Å². The Bertz CT molecular complexity index is 1170. The molecule has 0 bridgehead atoms. The van der Waals surface area contributed by atoms with Crippen molar-refractivity contribution in [2.45, 2.75) is 31.5 Å². The van der Waals surface area contributed by atoms with Crippen molar-refractivity contribution in [2.75, 3.05) is 17.3 Å². The van der Waals surface area contributed by atoms with Crippen molar-refractivity contribution >= 4 is 33.0 Å². The predicted molar refractivity (Wildman–Crippen MR) is 114 cm³/mol. The van der Waals surface area contributed by atoms with E-state index in [0.29, 0.717) is 11.6 Å². The molecule has 0 radical (unpaired) electrons. The van der Waals surface area contributed by atoms with E-state index in [1.807, 2.05) is 50.2 Å². The van der Waals surface area contributed by atoms with Crippen molar-refractivity contribution in [3.8, 4) is 11.3 Å². The molecule has 2 aromatic heterocycles. The number of hydrogen-bond donors (Lipinski definition) is 1. The number of carbonyl (C=O) groups excluding carboxylic acids is 1. The first-order valence-corrected chi connectivity index (χ1v) is 12.2. The maximum absolute atomic E-state index is 12.3. The van der Waals surface area contributed by atoms with Gasteiger partial charge in [-0.2, -0.15) is 5.10 Å². The summed E-state index contributed by atoms with van der Waals surface area (Å²) in [6, 6.07) is 11.6. The Morgan fingerprint density at radius 1 is 1.28 bits per heavy atom. The fourth-order valence-electron chi connectivity index (χ4n) is 3.61. The molecule has 1 fully saturated rings. The molecule has 7 nitrogen and oxygen atoms in total. The van der Waals surface area contributed by atoms with Gasteiger partial charge in [-0.25, -0.2) is 17.9 Å². The lowest BCUT2D eigenvalue weighted by atomic mass is 10.1. The van der Waals surface area contributed by atoms with Crippen LogP contribution < -0.4 is 5.32 Å². The first-order chi connectivity index (χ1) is 13.8. The zero-order chi connectivity index (χ0) is 20.6. The number of aromatic nitrogens is 3. The minimum atomic E-state index is -3.02. The second kappa shape index (κ2) is 7.79. The molecule has 0 aliphatic carbocycles. The summed E-state index contributed by atoms with van der Waals surface area (Å²) in [5, 5.41) is 8.06. The number of hydrogen-bond acceptors (Lipinski definition) is 6. The quantitative estimate of drug-likeness (QED) is 0.625. The van der Waals surface area contributed by atoms with Crippen LogP contribution in [0.2, 0.25) is 0 Å². The van der Waals surface area contributed by atoms with Gasteiger partial charge in [-0.3, -0.25) is 4.79 Å². The largest absolute Gasteiger partial charge is 0.352 e. The van der Waals surface area contributed by atoms with Crippen LogP contribution >= 0.6 is 11.8 Å². The number of carbonyl (C=O) groups is 1. The second-order valence-electron chi connectivity index (χ2n) is 7.29. The summed E-state index contributed by atoms with van der Waals surface area (Å²) in [6.45, 7) is 3.95. The van der Waals surface area contributed by atoms with E-state index in [0.717, 1.165) is 28.0 Å². The van der Waals surface area contributed by atoms with E-state index < -0.39 is 9.84 Å². The molecule has 1 aliphatic heterocycles. The lowest BCUT2D eigenvalue weighted by Crippen LogP contribution is -2.36. The van der Waals surface area contributed by atoms with Crippen LogP contribution in [0.5, 0.6) is 0 Å². The van der Waals surface area contributed by atoms with E-state index in [9.17, 15) is 13.2 Å². The van der Waals surface area contributed by atoms with Crippen LogP contribution in [-0.4, -0.2) is 52.2 Å². The molecule has 1 aromatic carbocycles. The van der Waals surface area contributed by atoms with Crippen LogP contribution in [0, 0.1) is 13.8 Å². The lowest BCUT2D eigenvalue weighted by Gasteiger charge is -2.10. The lowest BCUT2D eigenvalue weighted by molar-refractivity contribution is -0.119. The first-order valence-electron chi connectivity index (χ1n) is 9.37. The van der Waals surface area contributed by atoms with Crippen LogP contribution in [0.3, 0.4) is 0 Å². The van der Waals surface area contributed by atoms with Gasteiger partial charge in [0.1, 0.15) is 0 Å². The molecule has 9 heteroatoms. The summed E-state index contributed by atoms with van der Waals surface area (Å²) in [4.78, 5) is 17.1. The van der Waals surface area contributed by atoms with Gasteiger partial charge >= 0.3 is 0 Å². The molecule has 1 N–H and O–H groups in total. The number of sulfone groups is 1. The minimum absolute atomic E-state index is 0.0216. The Balaban J connectivity index is 1.58. The van der Waals surface area contributed by atoms with E-state index in [1.54, 1.807) is 4.52 Å². The van der Waals surface area contributed by atoms with Crippen molar-refractivity contribution in [1.29, 1.82) is 0 Å². The summed E-state index contributed by atoms with van der Waals surface area (Å²) in [6.07, 6.45) is 0.475. The number of imidazole rings is 1. The molecule has 1 aliphatic rings. The molecule has 1 saturated heterocycles. The highest BCUT2D eigenvalue weighted by Gasteiger charge is 2.29. The first kappa shape index (κ1) is 19.9. The van der Waals surface area contributed by atoms with Gasteiger partial charge in [-0.05, 0) is 31.9 Å². The topological polar surface area (TPSA) is 93.4 Å². The van der Waals surface area contributed by atoms with Crippen LogP contribution in [0.4, 0.5) is 0 Å². The summed E-state index contributed by atoms with van der Waals surface area (Å²) in [7, 11) is -3.02. The molecular formula is C20H22N4O3S2. The van der Waals surface area contributed by atoms with E-state index in [1.165, 1.54) is 11.8 Å². The zero-order valence-corrected chi connectivity index (χ0v) is 17.9. The standard InChI is InChI=1S/C20H22N4O3S2/c1-13-10-14(2)23-24-19(13)18(15-6-4-3-5-7-15)22-20(24)28-11-17(25)21-16-8-9-29(26,27)12-16/h3-7,10,16H,8-9,11-12H2,1-2H3,(H,21,25)/t16-/m1/s1. The van der Waals surface area contributed by atoms with Crippen LogP contribution in [0.1, 0.15) is 17.7 Å². The summed E-state index contributed by atoms with van der Waals surface area (Å²) >= 11 is 1.30. The van der Waals surface area contributed by atoms with Crippen LogP contribution in [0.15, 0.2) is 41.6 Å². The molecule has 0 unspecified atom stereocenters. The maximum Gasteiger partial charge on any atom is 0.230 e. The number of fused-ring (bicyclic) bond motifs is 1. The van der Waals surface area contributed by atoms with Gasteiger partial charge in [0, 0.05) is 11.6 Å². The predicted octanol–water partition coefficient (Wildman–Crippen LogP) is 2.41. The minimum Gasteiger partial charge on any atom is -0.352 e. The average Bonchev–Trinajstić information content (AvgIpc) is 3.20. The normalized spacial score (nSPS) is 18.2. The molecule has 1 amide bonds. The van der Waals surface area contributed by atoms with E-state index in [-0.39, 0.29) is 29.2 Å². The van der Waals surface area contributed by atoms with Crippen LogP contribution in [0.25, 0.3) is 16.8 Å². The molecule has 29 heavy (non-hydrogen) atoms. The van der Waals surface area contributed by atoms with E-state index in [4.69, 9.17) is 4.98 Å². The summed E-state index contributed by atoms with van der Waals surface area (Å²) < 4.78 is 24.9. The summed E-state index contributed by atoms with van der Waals surface area (Å²) in [5.74, 6) is 0.116. The van der Waals surface area contributed by atoms with Crippen molar-refractivity contribution in [2.24, 2.45) is 0 Å². The maximum atomic E-state index is 12.3. The Kier molecular flexibility index (Phi) is 5.35. The Morgan fingerprint density at radius 3 is 2.72 bits per heavy atom. The monoisotopic (exact) mass is 430 g/mol. The number of nitrogens with one attached hydrogen (secondary N) is 1. The van der Waals surface area contributed by atoms with Crippen molar-refractivity contribution in [1.82, 2.24) is 19.9 Å². The van der Waals surface area contributed by atoms with Gasteiger partial charge in [0.05, 0.1) is 34.2 Å². The molecule has 1 atom stereocenters. The Hall–Kier alpha value is -2.39. The molecule has 3 aromatic rings. The third kappa shape index (κ3) is 4.30. The number of benzene rings is 1. The number of amides is 1. The number of rotatable bonds is 5. The van der Waals surface area contributed by atoms with E-state index in [2.05, 4.69) is 10.4 Å². The number of thioether (sulfide) groups is 1. The highest BCUT2D eigenvalue weighted by molar-refractivity contribution is 7.99. The Labute approximate surface area is 173 Å². The van der Waals surface area contributed by atoms with Gasteiger partial charge in [0.25, 0.3) is 0 Å². The third-order valence-corrected chi connectivity index (χ3v) is 7.56. The summed E-state index contributed by atoms with van der Waals surface area (Å²) in [5.41, 5.74) is 4.68. The second-order valence-corrected chi connectivity index (χ2v) is 10.5. The molecule has 152 valence electrons. The molecule has 4 rings (SSSR count). The number of nitrogens with zero attached hydrogens (tertiary/aromatic N) is 3. The van der Waals surface area contributed by atoms with Crippen molar-refractivity contribution < 1.29 is 13.2 Å². The SMILES string of the molecule is Cc1cc(C)c2c(-c3ccccc3)nc(SCC(=O)N[C@@H]3CCS(=O)(=O)C3)n2n1. The van der Waals surface area contributed by atoms with Crippen molar-refractivity contribution in [3.05, 3.63) is 47.7 Å². The fraction of sp³-hybridized carbons (Fsp3) is 0.350. The molecule has 0 spiro atoms. The highest BCUT2D eigenvalue weighted by Crippen LogP contribution is 2.30. The zero-order valence-electron chi connectivity index (χ0n) is 16.3. The molecule has 0 saturated carbocycles. The van der Waals surface area contributed by atoms with Crippen LogP contribution in [-0.2, 0) is 14.6 Å². The van der Waals surface area contributed by atoms with Gasteiger partial charge in [0.2, 0.25) is 5.91 Å². The molecule has 3 heterocycles. The van der Waals surface area contributed by atoms with Crippen molar-refractivity contribution in [3.63, 3.8) is 0 Å². The highest BCUT2D eigenvalue weighted by atomic mass is 32.2. The van der Waals surface area contributed by atoms with Gasteiger partial charge < -0.3 is 5.32 Å². The van der Waals surface area contributed by atoms with E-state index >= 15 is 0 Å². The molecular weight excluding hydrogens is 408 g/mol. The smallest absolute Gasteiger partial charge is 0.230 e.